The van der Waals surface area contributed by atoms with Crippen molar-refractivity contribution in [2.24, 2.45) is 0 Å². The number of halogens is 2. The van der Waals surface area contributed by atoms with Gasteiger partial charge in [0.05, 0.1) is 5.69 Å². The van der Waals surface area contributed by atoms with Crippen molar-refractivity contribution in [2.45, 2.75) is 26.0 Å². The summed E-state index contributed by atoms with van der Waals surface area (Å²) in [5.41, 5.74) is 1.48. The van der Waals surface area contributed by atoms with Crippen LogP contribution < -0.4 is 10.1 Å². The van der Waals surface area contributed by atoms with Crippen LogP contribution in [0.1, 0.15) is 28.8 Å². The predicted octanol–water partition coefficient (Wildman–Crippen LogP) is 3.66. The van der Waals surface area contributed by atoms with Gasteiger partial charge in [-0.2, -0.15) is 8.78 Å². The van der Waals surface area contributed by atoms with Gasteiger partial charge in [0.25, 0.3) is 5.91 Å². The Kier molecular flexibility index (Phi) is 5.46. The molecule has 0 unspecified atom stereocenters. The first-order valence-electron chi connectivity index (χ1n) is 8.25. The fourth-order valence-electron chi connectivity index (χ4n) is 2.82. The second kappa shape index (κ2) is 7.95. The van der Waals surface area contributed by atoms with E-state index in [1.807, 2.05) is 0 Å². The SMILES string of the molecule is O=C(Nc1ccccc1OC(F)F)c1ccc(CN2CCCC2=O)cc1. The Morgan fingerprint density at radius 1 is 1.15 bits per heavy atom. The van der Waals surface area contributed by atoms with E-state index in [1.165, 1.54) is 12.1 Å². The number of nitrogens with zero attached hydrogens (tertiary/aromatic N) is 1. The third-order valence-corrected chi connectivity index (χ3v) is 4.11. The number of anilines is 1. The molecule has 1 saturated heterocycles. The van der Waals surface area contributed by atoms with E-state index in [4.69, 9.17) is 0 Å². The maximum Gasteiger partial charge on any atom is 0.387 e. The van der Waals surface area contributed by atoms with Crippen molar-refractivity contribution in [3.05, 3.63) is 59.7 Å². The van der Waals surface area contributed by atoms with Gasteiger partial charge in [-0.1, -0.05) is 24.3 Å². The summed E-state index contributed by atoms with van der Waals surface area (Å²) in [4.78, 5) is 25.8. The third-order valence-electron chi connectivity index (χ3n) is 4.11. The largest absolute Gasteiger partial charge is 0.433 e. The predicted molar refractivity (Wildman–Crippen MR) is 92.1 cm³/mol. The summed E-state index contributed by atoms with van der Waals surface area (Å²) in [5.74, 6) is -0.387. The zero-order valence-electron chi connectivity index (χ0n) is 14.0. The number of carbonyl (C=O) groups is 2. The summed E-state index contributed by atoms with van der Waals surface area (Å²) in [6.07, 6.45) is 1.46. The number of hydrogen-bond donors (Lipinski definition) is 1. The van der Waals surface area contributed by atoms with Crippen LogP contribution in [0.15, 0.2) is 48.5 Å². The zero-order chi connectivity index (χ0) is 18.5. The van der Waals surface area contributed by atoms with E-state index >= 15 is 0 Å². The average Bonchev–Trinajstić information content (AvgIpc) is 3.01. The highest BCUT2D eigenvalue weighted by Gasteiger charge is 2.20. The van der Waals surface area contributed by atoms with Crippen LogP contribution >= 0.6 is 0 Å². The van der Waals surface area contributed by atoms with E-state index in [1.54, 1.807) is 41.3 Å². The molecule has 2 aromatic rings. The number of hydrogen-bond acceptors (Lipinski definition) is 3. The molecule has 0 saturated carbocycles. The van der Waals surface area contributed by atoms with Crippen molar-refractivity contribution >= 4 is 17.5 Å². The molecule has 3 rings (SSSR count). The van der Waals surface area contributed by atoms with Crippen molar-refractivity contribution < 1.29 is 23.1 Å². The van der Waals surface area contributed by atoms with E-state index < -0.39 is 12.5 Å². The maximum absolute atomic E-state index is 12.4. The molecule has 2 aromatic carbocycles. The topological polar surface area (TPSA) is 58.6 Å². The number of rotatable bonds is 6. The standard InChI is InChI=1S/C19H18F2N2O3/c20-19(21)26-16-5-2-1-4-15(16)22-18(25)14-9-7-13(8-10-14)12-23-11-3-6-17(23)24/h1-2,4-5,7-10,19H,3,6,11-12H2,(H,22,25). The highest BCUT2D eigenvalue weighted by atomic mass is 19.3. The molecule has 1 fully saturated rings. The molecule has 0 aromatic heterocycles. The van der Waals surface area contributed by atoms with E-state index in [0.29, 0.717) is 18.5 Å². The highest BCUT2D eigenvalue weighted by Crippen LogP contribution is 2.26. The van der Waals surface area contributed by atoms with Crippen LogP contribution in [0.3, 0.4) is 0 Å². The molecular weight excluding hydrogens is 342 g/mol. The van der Waals surface area contributed by atoms with Gasteiger partial charge in [0.15, 0.2) is 0 Å². The number of para-hydroxylation sites is 2. The summed E-state index contributed by atoms with van der Waals surface area (Å²) in [5, 5.41) is 2.57. The molecule has 0 atom stereocenters. The second-order valence-electron chi connectivity index (χ2n) is 5.94. The Morgan fingerprint density at radius 2 is 1.88 bits per heavy atom. The summed E-state index contributed by atoms with van der Waals surface area (Å²) < 4.78 is 29.3. The lowest BCUT2D eigenvalue weighted by Crippen LogP contribution is -2.23. The number of carbonyl (C=O) groups excluding carboxylic acids is 2. The molecule has 0 bridgehead atoms. The van der Waals surface area contributed by atoms with Crippen LogP contribution in [0.2, 0.25) is 0 Å². The number of likely N-dealkylation sites (tertiary alicyclic amines) is 1. The molecule has 1 N–H and O–H groups in total. The van der Waals surface area contributed by atoms with E-state index in [-0.39, 0.29) is 17.3 Å². The minimum atomic E-state index is -2.97. The van der Waals surface area contributed by atoms with Crippen LogP contribution in [0.25, 0.3) is 0 Å². The Hall–Kier alpha value is -2.96. The first kappa shape index (κ1) is 17.8. The second-order valence-corrected chi connectivity index (χ2v) is 5.94. The fourth-order valence-corrected chi connectivity index (χ4v) is 2.82. The van der Waals surface area contributed by atoms with Gasteiger partial charge in [0, 0.05) is 25.1 Å². The summed E-state index contributed by atoms with van der Waals surface area (Å²) in [6.45, 7) is -1.70. The van der Waals surface area contributed by atoms with Gasteiger partial charge in [0.2, 0.25) is 5.91 Å². The van der Waals surface area contributed by atoms with Crippen molar-refractivity contribution in [3.63, 3.8) is 0 Å². The lowest BCUT2D eigenvalue weighted by atomic mass is 10.1. The van der Waals surface area contributed by atoms with Gasteiger partial charge < -0.3 is 15.0 Å². The Balaban J connectivity index is 1.66. The normalized spacial score (nSPS) is 14.0. The molecule has 26 heavy (non-hydrogen) atoms. The minimum Gasteiger partial charge on any atom is -0.433 e. The molecule has 1 aliphatic rings. The number of benzene rings is 2. The van der Waals surface area contributed by atoms with Crippen molar-refractivity contribution in [1.29, 1.82) is 0 Å². The number of ether oxygens (including phenoxy) is 1. The van der Waals surface area contributed by atoms with Crippen molar-refractivity contribution in [2.75, 3.05) is 11.9 Å². The van der Waals surface area contributed by atoms with Crippen LogP contribution in [-0.2, 0) is 11.3 Å². The molecule has 0 spiro atoms. The molecule has 7 heteroatoms. The van der Waals surface area contributed by atoms with Crippen LogP contribution in [0, 0.1) is 0 Å². The Morgan fingerprint density at radius 3 is 2.54 bits per heavy atom. The first-order valence-corrected chi connectivity index (χ1v) is 8.25. The summed E-state index contributed by atoms with van der Waals surface area (Å²) in [6, 6.07) is 12.8. The van der Waals surface area contributed by atoms with Crippen LogP contribution in [-0.4, -0.2) is 29.9 Å². The lowest BCUT2D eigenvalue weighted by Gasteiger charge is -2.15. The van der Waals surface area contributed by atoms with Gasteiger partial charge in [-0.3, -0.25) is 9.59 Å². The molecule has 136 valence electrons. The Bertz CT molecular complexity index is 794. The molecule has 1 aliphatic heterocycles. The van der Waals surface area contributed by atoms with Gasteiger partial charge in [-0.25, -0.2) is 0 Å². The summed E-state index contributed by atoms with van der Waals surface area (Å²) >= 11 is 0. The molecule has 5 nitrogen and oxygen atoms in total. The third kappa shape index (κ3) is 4.36. The van der Waals surface area contributed by atoms with E-state index in [2.05, 4.69) is 10.1 Å². The van der Waals surface area contributed by atoms with Crippen LogP contribution in [0.5, 0.6) is 5.75 Å². The van der Waals surface area contributed by atoms with E-state index in [9.17, 15) is 18.4 Å². The number of nitrogens with one attached hydrogen (secondary N) is 1. The van der Waals surface area contributed by atoms with Gasteiger partial charge in [-0.15, -0.1) is 0 Å². The fraction of sp³-hybridized carbons (Fsp3) is 0.263. The monoisotopic (exact) mass is 360 g/mol. The van der Waals surface area contributed by atoms with Gasteiger partial charge in [-0.05, 0) is 36.2 Å². The molecule has 2 amide bonds. The number of amides is 2. The van der Waals surface area contributed by atoms with Gasteiger partial charge >= 0.3 is 6.61 Å². The lowest BCUT2D eigenvalue weighted by molar-refractivity contribution is -0.128. The molecule has 1 heterocycles. The molecule has 0 aliphatic carbocycles. The van der Waals surface area contributed by atoms with Crippen molar-refractivity contribution in [1.82, 2.24) is 4.90 Å². The first-order chi connectivity index (χ1) is 12.5. The molecule has 0 radical (unpaired) electrons. The van der Waals surface area contributed by atoms with Gasteiger partial charge in [0.1, 0.15) is 5.75 Å². The smallest absolute Gasteiger partial charge is 0.387 e. The van der Waals surface area contributed by atoms with E-state index in [0.717, 1.165) is 18.5 Å². The van der Waals surface area contributed by atoms with Crippen LogP contribution in [0.4, 0.5) is 14.5 Å². The maximum atomic E-state index is 12.4. The van der Waals surface area contributed by atoms with Crippen molar-refractivity contribution in [3.8, 4) is 5.75 Å². The molecular formula is C19H18F2N2O3. The highest BCUT2D eigenvalue weighted by molar-refractivity contribution is 6.05. The zero-order valence-corrected chi connectivity index (χ0v) is 14.0. The Labute approximate surface area is 149 Å². The number of alkyl halides is 2. The minimum absolute atomic E-state index is 0.0972. The summed E-state index contributed by atoms with van der Waals surface area (Å²) in [7, 11) is 0. The average molecular weight is 360 g/mol. The quantitative estimate of drug-likeness (QED) is 0.855.